The van der Waals surface area contributed by atoms with Crippen molar-refractivity contribution in [2.45, 2.75) is 26.2 Å². The van der Waals surface area contributed by atoms with E-state index in [1.165, 1.54) is 14.2 Å². The number of carbonyl (C=O) groups is 3. The van der Waals surface area contributed by atoms with Crippen LogP contribution in [0, 0.1) is 11.8 Å². The van der Waals surface area contributed by atoms with Gasteiger partial charge in [0, 0.05) is 30.0 Å². The molecule has 172 valence electrons. The maximum atomic E-state index is 13.6. The number of methoxy groups -OCH3 is 3. The van der Waals surface area contributed by atoms with Gasteiger partial charge < -0.3 is 24.3 Å². The second-order valence-electron chi connectivity index (χ2n) is 7.94. The van der Waals surface area contributed by atoms with E-state index >= 15 is 0 Å². The fourth-order valence-electron chi connectivity index (χ4n) is 4.38. The van der Waals surface area contributed by atoms with Gasteiger partial charge in [0.25, 0.3) is 0 Å². The molecular weight excluding hydrogens is 414 g/mol. The summed E-state index contributed by atoms with van der Waals surface area (Å²) in [5.74, 6) is -2.64. The third-order valence-electron chi connectivity index (χ3n) is 5.93. The van der Waals surface area contributed by atoms with Crippen molar-refractivity contribution in [3.8, 4) is 5.75 Å². The number of hydrogen-bond donors (Lipinski definition) is 1. The number of Topliss-reactive ketones (excluding diaryl/α,β-unsaturated/α-hetero) is 1. The maximum absolute atomic E-state index is 13.6. The van der Waals surface area contributed by atoms with Gasteiger partial charge in [0.1, 0.15) is 18.3 Å². The van der Waals surface area contributed by atoms with Crippen molar-refractivity contribution in [2.75, 3.05) is 34.5 Å². The number of dihydropyridines is 1. The second kappa shape index (κ2) is 9.99. The lowest BCUT2D eigenvalue weighted by atomic mass is 9.69. The first kappa shape index (κ1) is 23.5. The molecule has 0 spiro atoms. The number of ether oxygens (including phenoxy) is 4. The van der Waals surface area contributed by atoms with Crippen LogP contribution in [0.5, 0.6) is 5.75 Å². The van der Waals surface area contributed by atoms with Gasteiger partial charge in [0.05, 0.1) is 26.4 Å². The molecule has 0 bridgehead atoms. The first-order chi connectivity index (χ1) is 15.3. The highest BCUT2D eigenvalue weighted by Gasteiger charge is 2.47. The van der Waals surface area contributed by atoms with Crippen LogP contribution in [0.15, 0.2) is 46.8 Å². The Hall–Kier alpha value is -3.13. The largest absolute Gasteiger partial charge is 0.497 e. The van der Waals surface area contributed by atoms with Crippen LogP contribution in [0.1, 0.15) is 31.7 Å². The van der Waals surface area contributed by atoms with E-state index in [0.717, 1.165) is 11.3 Å². The lowest BCUT2D eigenvalue weighted by Gasteiger charge is -2.38. The number of ketones is 1. The van der Waals surface area contributed by atoms with Gasteiger partial charge in [-0.2, -0.15) is 0 Å². The van der Waals surface area contributed by atoms with E-state index in [0.29, 0.717) is 29.0 Å². The summed E-state index contributed by atoms with van der Waals surface area (Å²) in [6.07, 6.45) is 0.483. The molecule has 0 amide bonds. The highest BCUT2D eigenvalue weighted by molar-refractivity contribution is 6.12. The minimum absolute atomic E-state index is 0.0864. The maximum Gasteiger partial charge on any atom is 0.336 e. The molecule has 1 N–H and O–H groups in total. The average molecular weight is 443 g/mol. The summed E-state index contributed by atoms with van der Waals surface area (Å²) in [7, 11) is 4.36. The van der Waals surface area contributed by atoms with Gasteiger partial charge in [0.2, 0.25) is 0 Å². The van der Waals surface area contributed by atoms with Gasteiger partial charge in [-0.3, -0.25) is 9.59 Å². The number of hydrogen-bond acceptors (Lipinski definition) is 8. The lowest BCUT2D eigenvalue weighted by molar-refractivity contribution is -0.151. The minimum atomic E-state index is -0.925. The van der Waals surface area contributed by atoms with Crippen LogP contribution in [0.2, 0.25) is 0 Å². The van der Waals surface area contributed by atoms with Gasteiger partial charge in [-0.15, -0.1) is 0 Å². The van der Waals surface area contributed by atoms with Gasteiger partial charge in [-0.05, 0) is 37.0 Å². The van der Waals surface area contributed by atoms with E-state index < -0.39 is 23.8 Å². The molecule has 8 nitrogen and oxygen atoms in total. The number of allylic oxidation sites excluding steroid dienone is 3. The monoisotopic (exact) mass is 443 g/mol. The van der Waals surface area contributed by atoms with Crippen LogP contribution in [-0.4, -0.2) is 52.3 Å². The van der Waals surface area contributed by atoms with Gasteiger partial charge in [0.15, 0.2) is 5.78 Å². The number of benzene rings is 1. The average Bonchev–Trinajstić information content (AvgIpc) is 2.78. The van der Waals surface area contributed by atoms with Crippen molar-refractivity contribution in [1.29, 1.82) is 0 Å². The van der Waals surface area contributed by atoms with Crippen LogP contribution in [-0.2, 0) is 28.6 Å². The standard InChI is InChI=1S/C24H29NO7/c1-13-12-17-21(22(26)18(13)23(27)31-5)20(15-6-8-16(30-4)9-7-15)19(14(2)25-17)24(28)32-11-10-29-3/h6-9,13,18,20,25H,10-12H2,1-5H3/t13-,18-,20+/m0/s1. The van der Waals surface area contributed by atoms with Crippen molar-refractivity contribution >= 4 is 17.7 Å². The van der Waals surface area contributed by atoms with Crippen molar-refractivity contribution in [2.24, 2.45) is 11.8 Å². The molecule has 1 aromatic carbocycles. The van der Waals surface area contributed by atoms with Gasteiger partial charge >= 0.3 is 11.9 Å². The number of rotatable bonds is 7. The van der Waals surface area contributed by atoms with E-state index in [1.54, 1.807) is 26.2 Å². The lowest BCUT2D eigenvalue weighted by Crippen LogP contribution is -2.43. The Balaban J connectivity index is 2.11. The van der Waals surface area contributed by atoms with E-state index in [1.807, 2.05) is 19.1 Å². The zero-order valence-electron chi connectivity index (χ0n) is 19.0. The zero-order valence-corrected chi connectivity index (χ0v) is 19.0. The number of carbonyl (C=O) groups excluding carboxylic acids is 3. The molecule has 3 atom stereocenters. The summed E-state index contributed by atoms with van der Waals surface area (Å²) in [5.41, 5.74) is 2.78. The van der Waals surface area contributed by atoms with Crippen LogP contribution in [0.25, 0.3) is 0 Å². The van der Waals surface area contributed by atoms with E-state index in [2.05, 4.69) is 5.32 Å². The van der Waals surface area contributed by atoms with Gasteiger partial charge in [-0.1, -0.05) is 19.1 Å². The summed E-state index contributed by atoms with van der Waals surface area (Å²) in [6.45, 7) is 3.98. The quantitative estimate of drug-likeness (QED) is 0.390. The van der Waals surface area contributed by atoms with Crippen molar-refractivity contribution in [3.05, 3.63) is 52.4 Å². The minimum Gasteiger partial charge on any atom is -0.497 e. The summed E-state index contributed by atoms with van der Waals surface area (Å²) in [5, 5.41) is 3.23. The molecule has 3 rings (SSSR count). The topological polar surface area (TPSA) is 100 Å². The van der Waals surface area contributed by atoms with E-state index in [4.69, 9.17) is 18.9 Å². The van der Waals surface area contributed by atoms with Crippen molar-refractivity contribution in [1.82, 2.24) is 5.32 Å². The van der Waals surface area contributed by atoms with Crippen LogP contribution in [0.4, 0.5) is 0 Å². The molecule has 2 aliphatic rings. The summed E-state index contributed by atoms with van der Waals surface area (Å²) in [4.78, 5) is 39.1. The Bertz CT molecular complexity index is 961. The SMILES string of the molecule is COCCOC(=O)C1=C(C)NC2=C(C(=O)[C@@H](C(=O)OC)[C@@H](C)C2)[C@@H]1c1ccc(OC)cc1. The van der Waals surface area contributed by atoms with E-state index in [-0.39, 0.29) is 24.9 Å². The molecule has 0 unspecified atom stereocenters. The first-order valence-electron chi connectivity index (χ1n) is 10.5. The fourth-order valence-corrected chi connectivity index (χ4v) is 4.38. The molecule has 32 heavy (non-hydrogen) atoms. The third kappa shape index (κ3) is 4.41. The summed E-state index contributed by atoms with van der Waals surface area (Å²) < 4.78 is 20.5. The van der Waals surface area contributed by atoms with Crippen molar-refractivity contribution < 1.29 is 33.3 Å². The Morgan fingerprint density at radius 2 is 1.78 bits per heavy atom. The molecule has 0 radical (unpaired) electrons. The molecule has 1 aliphatic heterocycles. The molecule has 1 aromatic rings. The van der Waals surface area contributed by atoms with Crippen molar-refractivity contribution in [3.63, 3.8) is 0 Å². The predicted molar refractivity (Wildman–Crippen MR) is 116 cm³/mol. The Morgan fingerprint density at radius 1 is 1.09 bits per heavy atom. The fraction of sp³-hybridized carbons (Fsp3) is 0.458. The summed E-state index contributed by atoms with van der Waals surface area (Å²) >= 11 is 0. The Morgan fingerprint density at radius 3 is 2.38 bits per heavy atom. The molecule has 1 heterocycles. The highest BCUT2D eigenvalue weighted by atomic mass is 16.6. The third-order valence-corrected chi connectivity index (χ3v) is 5.93. The van der Waals surface area contributed by atoms with Crippen LogP contribution in [0.3, 0.4) is 0 Å². The first-order valence-corrected chi connectivity index (χ1v) is 10.5. The molecule has 0 saturated carbocycles. The summed E-state index contributed by atoms with van der Waals surface area (Å²) in [6, 6.07) is 7.17. The normalized spacial score (nSPS) is 22.8. The second-order valence-corrected chi connectivity index (χ2v) is 7.94. The zero-order chi connectivity index (χ0) is 23.4. The smallest absolute Gasteiger partial charge is 0.336 e. The van der Waals surface area contributed by atoms with Crippen LogP contribution < -0.4 is 10.1 Å². The Kier molecular flexibility index (Phi) is 7.35. The van der Waals surface area contributed by atoms with Gasteiger partial charge in [-0.25, -0.2) is 4.79 Å². The number of nitrogens with one attached hydrogen (secondary N) is 1. The molecular formula is C24H29NO7. The highest BCUT2D eigenvalue weighted by Crippen LogP contribution is 2.45. The molecule has 8 heteroatoms. The Labute approximate surface area is 187 Å². The predicted octanol–water partition coefficient (Wildman–Crippen LogP) is 2.50. The molecule has 0 fully saturated rings. The molecule has 1 aliphatic carbocycles. The number of esters is 2. The van der Waals surface area contributed by atoms with E-state index in [9.17, 15) is 14.4 Å². The molecule has 0 aromatic heterocycles. The van der Waals surface area contributed by atoms with Crippen LogP contribution >= 0.6 is 0 Å². The molecule has 0 saturated heterocycles.